The quantitative estimate of drug-likeness (QED) is 0.0320. The molecule has 1 amide bonds. The maximum Gasteiger partial charge on any atom is 0.305 e. The number of aliphatic hydroxyl groups is 2. The lowest BCUT2D eigenvalue weighted by molar-refractivity contribution is -0.143. The number of aliphatic hydroxyl groups excluding tert-OH is 2. The van der Waals surface area contributed by atoms with E-state index in [1.807, 2.05) is 0 Å². The summed E-state index contributed by atoms with van der Waals surface area (Å²) < 4.78 is 5.50. The van der Waals surface area contributed by atoms with Crippen molar-refractivity contribution in [2.24, 2.45) is 0 Å². The molecule has 3 N–H and O–H groups in total. The van der Waals surface area contributed by atoms with Gasteiger partial charge in [0.25, 0.3) is 0 Å². The van der Waals surface area contributed by atoms with Crippen LogP contribution in [0.3, 0.4) is 0 Å². The molecule has 0 aliphatic carbocycles. The summed E-state index contributed by atoms with van der Waals surface area (Å²) in [5.74, 6) is -0.0384. The van der Waals surface area contributed by atoms with Crippen molar-refractivity contribution in [3.63, 3.8) is 0 Å². The summed E-state index contributed by atoms with van der Waals surface area (Å²) in [6, 6.07) is -0.550. The molecular formula is C70H135NO5. The summed E-state index contributed by atoms with van der Waals surface area (Å²) in [5.41, 5.74) is 0. The maximum atomic E-state index is 12.5. The standard InChI is InChI=1S/C70H135NO5/c1-3-5-7-9-11-13-15-17-19-21-23-24-25-27-30-34-38-42-46-50-54-58-62-68(73)67(66-72)71-69(74)63-59-55-51-47-43-39-35-31-28-26-29-33-37-41-45-49-53-57-61-65-76-70(75)64-60-56-52-48-44-40-36-32-22-20-18-16-14-12-10-8-6-4-2/h20,22,26,28,67-68,72-73H,3-19,21,23-25,27,29-66H2,1-2H3,(H,71,74)/b22-20-,28-26-. The molecule has 0 fully saturated rings. The van der Waals surface area contributed by atoms with Gasteiger partial charge in [0.15, 0.2) is 0 Å². The Bertz CT molecular complexity index is 1190. The molecule has 2 unspecified atom stereocenters. The summed E-state index contributed by atoms with van der Waals surface area (Å²) in [5, 5.41) is 23.4. The smallest absolute Gasteiger partial charge is 0.305 e. The Morgan fingerprint density at radius 1 is 0.355 bits per heavy atom. The van der Waals surface area contributed by atoms with E-state index >= 15 is 0 Å². The first-order valence-electron chi connectivity index (χ1n) is 34.6. The number of esters is 1. The monoisotopic (exact) mass is 1070 g/mol. The fourth-order valence-electron chi connectivity index (χ4n) is 10.9. The van der Waals surface area contributed by atoms with E-state index in [0.29, 0.717) is 25.9 Å². The van der Waals surface area contributed by atoms with E-state index in [4.69, 9.17) is 4.74 Å². The lowest BCUT2D eigenvalue weighted by atomic mass is 10.0. The predicted octanol–water partition coefficient (Wildman–Crippen LogP) is 22.1. The minimum absolute atomic E-state index is 0.00211. The van der Waals surface area contributed by atoms with E-state index in [2.05, 4.69) is 43.5 Å². The highest BCUT2D eigenvalue weighted by molar-refractivity contribution is 5.76. The predicted molar refractivity (Wildman–Crippen MR) is 333 cm³/mol. The first-order valence-corrected chi connectivity index (χ1v) is 34.6. The maximum absolute atomic E-state index is 12.5. The Balaban J connectivity index is 3.42. The average molecular weight is 1070 g/mol. The largest absolute Gasteiger partial charge is 0.466 e. The molecule has 0 aromatic rings. The van der Waals surface area contributed by atoms with Gasteiger partial charge in [-0.05, 0) is 77.0 Å². The number of ether oxygens (including phenoxy) is 1. The number of hydrogen-bond acceptors (Lipinski definition) is 5. The van der Waals surface area contributed by atoms with Crippen LogP contribution in [0.4, 0.5) is 0 Å². The molecule has 0 radical (unpaired) electrons. The van der Waals surface area contributed by atoms with Gasteiger partial charge in [-0.1, -0.05) is 321 Å². The van der Waals surface area contributed by atoms with Crippen LogP contribution in [0.25, 0.3) is 0 Å². The molecule has 0 bridgehead atoms. The van der Waals surface area contributed by atoms with Crippen LogP contribution in [0.5, 0.6) is 0 Å². The Hall–Kier alpha value is -1.66. The number of rotatable bonds is 65. The van der Waals surface area contributed by atoms with Crippen molar-refractivity contribution in [2.45, 2.75) is 398 Å². The molecule has 0 aliphatic heterocycles. The van der Waals surface area contributed by atoms with Gasteiger partial charge >= 0.3 is 5.97 Å². The third-order valence-corrected chi connectivity index (χ3v) is 16.2. The first kappa shape index (κ1) is 74.3. The number of hydrogen-bond donors (Lipinski definition) is 3. The zero-order valence-electron chi connectivity index (χ0n) is 51.5. The van der Waals surface area contributed by atoms with Gasteiger partial charge in [-0.3, -0.25) is 9.59 Å². The van der Waals surface area contributed by atoms with Gasteiger partial charge in [0.05, 0.1) is 25.4 Å². The van der Waals surface area contributed by atoms with Gasteiger partial charge in [0, 0.05) is 12.8 Å². The van der Waals surface area contributed by atoms with Crippen LogP contribution < -0.4 is 5.32 Å². The molecule has 0 saturated heterocycles. The van der Waals surface area contributed by atoms with E-state index in [1.54, 1.807) is 0 Å². The molecule has 6 heteroatoms. The normalized spacial score (nSPS) is 12.6. The Morgan fingerprint density at radius 2 is 0.618 bits per heavy atom. The number of carbonyl (C=O) groups excluding carboxylic acids is 2. The topological polar surface area (TPSA) is 95.9 Å². The minimum atomic E-state index is -0.672. The molecule has 2 atom stereocenters. The lowest BCUT2D eigenvalue weighted by Crippen LogP contribution is -2.45. The van der Waals surface area contributed by atoms with Crippen LogP contribution in [0.15, 0.2) is 24.3 Å². The van der Waals surface area contributed by atoms with Gasteiger partial charge in [0.1, 0.15) is 0 Å². The second-order valence-electron chi connectivity index (χ2n) is 23.9. The van der Waals surface area contributed by atoms with Gasteiger partial charge < -0.3 is 20.3 Å². The van der Waals surface area contributed by atoms with Crippen molar-refractivity contribution in [3.05, 3.63) is 24.3 Å². The van der Waals surface area contributed by atoms with E-state index in [1.165, 1.54) is 308 Å². The zero-order chi connectivity index (χ0) is 55.0. The molecule has 0 saturated carbocycles. The van der Waals surface area contributed by atoms with Crippen LogP contribution in [0, 0.1) is 0 Å². The Morgan fingerprint density at radius 3 is 0.934 bits per heavy atom. The molecular weight excluding hydrogens is 935 g/mol. The highest BCUT2D eigenvalue weighted by Gasteiger charge is 2.20. The van der Waals surface area contributed by atoms with Crippen molar-refractivity contribution in [3.8, 4) is 0 Å². The second kappa shape index (κ2) is 65.9. The second-order valence-corrected chi connectivity index (χ2v) is 23.9. The highest BCUT2D eigenvalue weighted by Crippen LogP contribution is 2.18. The van der Waals surface area contributed by atoms with Crippen molar-refractivity contribution in [1.29, 1.82) is 0 Å². The lowest BCUT2D eigenvalue weighted by Gasteiger charge is -2.22. The number of carbonyl (C=O) groups is 2. The van der Waals surface area contributed by atoms with E-state index in [0.717, 1.165) is 44.9 Å². The van der Waals surface area contributed by atoms with E-state index in [-0.39, 0.29) is 18.5 Å². The highest BCUT2D eigenvalue weighted by atomic mass is 16.5. The molecule has 76 heavy (non-hydrogen) atoms. The molecule has 0 aromatic heterocycles. The molecule has 0 aliphatic rings. The summed E-state index contributed by atoms with van der Waals surface area (Å²) >= 11 is 0. The molecule has 6 nitrogen and oxygen atoms in total. The van der Waals surface area contributed by atoms with Gasteiger partial charge in [-0.15, -0.1) is 0 Å². The van der Waals surface area contributed by atoms with Crippen LogP contribution in [0.2, 0.25) is 0 Å². The Labute approximate surface area is 475 Å². The van der Waals surface area contributed by atoms with Gasteiger partial charge in [-0.2, -0.15) is 0 Å². The third kappa shape index (κ3) is 61.6. The van der Waals surface area contributed by atoms with Crippen LogP contribution in [-0.2, 0) is 14.3 Å². The minimum Gasteiger partial charge on any atom is -0.466 e. The van der Waals surface area contributed by atoms with Crippen molar-refractivity contribution < 1.29 is 24.5 Å². The van der Waals surface area contributed by atoms with Crippen molar-refractivity contribution >= 4 is 11.9 Å². The number of amides is 1. The molecule has 0 rings (SSSR count). The Kier molecular flexibility index (Phi) is 64.4. The molecule has 0 aromatic carbocycles. The van der Waals surface area contributed by atoms with Gasteiger partial charge in [-0.25, -0.2) is 0 Å². The molecule has 0 heterocycles. The first-order chi connectivity index (χ1) is 37.5. The SMILES string of the molecule is CCCCCCCCC/C=C\CCCCCCCCCC(=O)OCCCCCCCCCC/C=C\CCCCCCCCCC(=O)NC(CO)C(O)CCCCCCCCCCCCCCCCCCCCCCCC. The molecule has 450 valence electrons. The third-order valence-electron chi connectivity index (χ3n) is 16.2. The number of allylic oxidation sites excluding steroid dienone is 4. The van der Waals surface area contributed by atoms with E-state index < -0.39 is 12.1 Å². The molecule has 0 spiro atoms. The fraction of sp³-hybridized carbons (Fsp3) is 0.914. The summed E-state index contributed by atoms with van der Waals surface area (Å²) in [6.45, 7) is 4.97. The summed E-state index contributed by atoms with van der Waals surface area (Å²) in [7, 11) is 0. The van der Waals surface area contributed by atoms with Crippen LogP contribution in [0.1, 0.15) is 386 Å². The number of nitrogens with one attached hydrogen (secondary N) is 1. The van der Waals surface area contributed by atoms with E-state index in [9.17, 15) is 19.8 Å². The number of unbranched alkanes of at least 4 members (excludes halogenated alkanes) is 50. The van der Waals surface area contributed by atoms with Crippen LogP contribution in [-0.4, -0.2) is 47.4 Å². The van der Waals surface area contributed by atoms with Crippen LogP contribution >= 0.6 is 0 Å². The zero-order valence-corrected chi connectivity index (χ0v) is 51.5. The average Bonchev–Trinajstić information content (AvgIpc) is 3.42. The fourth-order valence-corrected chi connectivity index (χ4v) is 10.9. The van der Waals surface area contributed by atoms with Gasteiger partial charge in [0.2, 0.25) is 5.91 Å². The van der Waals surface area contributed by atoms with Crippen molar-refractivity contribution in [1.82, 2.24) is 5.32 Å². The van der Waals surface area contributed by atoms with Crippen molar-refractivity contribution in [2.75, 3.05) is 13.2 Å². The summed E-state index contributed by atoms with van der Waals surface area (Å²) in [6.07, 6.45) is 82.1. The summed E-state index contributed by atoms with van der Waals surface area (Å²) in [4.78, 5) is 24.6.